The summed E-state index contributed by atoms with van der Waals surface area (Å²) in [5.74, 6) is -0.500. The van der Waals surface area contributed by atoms with Crippen LogP contribution in [0.15, 0.2) is 44.4 Å². The van der Waals surface area contributed by atoms with Crippen molar-refractivity contribution in [2.45, 2.75) is 26.7 Å². The standard InChI is InChI=1S/C19H19Br2N3O3/c1-11-4-3-5-16(12(11)2)23-17(25)6-7-18(26)24-22-10-13-8-14(20)19(27)15(21)9-13/h3-5,8-10,27H,6-7H2,1-2H3,(H,23,25)(H,24,26). The van der Waals surface area contributed by atoms with Gasteiger partial charge >= 0.3 is 0 Å². The van der Waals surface area contributed by atoms with Crippen molar-refractivity contribution in [1.82, 2.24) is 5.43 Å². The van der Waals surface area contributed by atoms with Gasteiger partial charge in [-0.3, -0.25) is 9.59 Å². The number of nitrogens with one attached hydrogen (secondary N) is 2. The van der Waals surface area contributed by atoms with Gasteiger partial charge < -0.3 is 10.4 Å². The molecule has 0 unspecified atom stereocenters. The first-order valence-electron chi connectivity index (χ1n) is 8.14. The molecule has 0 spiro atoms. The summed E-state index contributed by atoms with van der Waals surface area (Å²) in [6.45, 7) is 3.91. The van der Waals surface area contributed by atoms with Crippen LogP contribution >= 0.6 is 31.9 Å². The van der Waals surface area contributed by atoms with Gasteiger partial charge in [0.2, 0.25) is 11.8 Å². The molecule has 0 atom stereocenters. The van der Waals surface area contributed by atoms with Gasteiger partial charge in [0.15, 0.2) is 0 Å². The second-order valence-electron chi connectivity index (χ2n) is 5.92. The molecule has 142 valence electrons. The van der Waals surface area contributed by atoms with Gasteiger partial charge in [-0.15, -0.1) is 0 Å². The summed E-state index contributed by atoms with van der Waals surface area (Å²) in [4.78, 5) is 23.9. The number of nitrogens with zero attached hydrogens (tertiary/aromatic N) is 1. The highest BCUT2D eigenvalue weighted by Gasteiger charge is 2.09. The third kappa shape index (κ3) is 6.18. The van der Waals surface area contributed by atoms with Gasteiger partial charge in [-0.1, -0.05) is 12.1 Å². The molecular weight excluding hydrogens is 478 g/mol. The molecule has 0 saturated carbocycles. The maximum Gasteiger partial charge on any atom is 0.240 e. The molecule has 0 fully saturated rings. The highest BCUT2D eigenvalue weighted by molar-refractivity contribution is 9.11. The van der Waals surface area contributed by atoms with E-state index in [2.05, 4.69) is 47.7 Å². The van der Waals surface area contributed by atoms with E-state index >= 15 is 0 Å². The van der Waals surface area contributed by atoms with E-state index in [9.17, 15) is 14.7 Å². The molecule has 0 aliphatic heterocycles. The third-order valence-electron chi connectivity index (χ3n) is 3.90. The number of aromatic hydroxyl groups is 1. The zero-order valence-electron chi connectivity index (χ0n) is 14.8. The summed E-state index contributed by atoms with van der Waals surface area (Å²) in [5.41, 5.74) is 5.91. The minimum absolute atomic E-state index is 0.0248. The van der Waals surface area contributed by atoms with E-state index < -0.39 is 0 Å². The number of benzene rings is 2. The van der Waals surface area contributed by atoms with Crippen LogP contribution in [0.4, 0.5) is 5.69 Å². The van der Waals surface area contributed by atoms with Crippen molar-refractivity contribution >= 4 is 55.6 Å². The number of phenols is 1. The van der Waals surface area contributed by atoms with Crippen LogP contribution in [-0.2, 0) is 9.59 Å². The predicted octanol–water partition coefficient (Wildman–Crippen LogP) is 4.40. The summed E-state index contributed by atoms with van der Waals surface area (Å²) in [5, 5.41) is 16.3. The summed E-state index contributed by atoms with van der Waals surface area (Å²) >= 11 is 6.44. The molecule has 0 saturated heterocycles. The summed E-state index contributed by atoms with van der Waals surface area (Å²) in [6, 6.07) is 9.00. The lowest BCUT2D eigenvalue weighted by Crippen LogP contribution is -2.21. The van der Waals surface area contributed by atoms with Crippen molar-refractivity contribution in [2.24, 2.45) is 5.10 Å². The molecule has 2 amide bonds. The summed E-state index contributed by atoms with van der Waals surface area (Å²) in [7, 11) is 0. The van der Waals surface area contributed by atoms with Gasteiger partial charge in [0.05, 0.1) is 15.2 Å². The van der Waals surface area contributed by atoms with Crippen LogP contribution < -0.4 is 10.7 Å². The van der Waals surface area contributed by atoms with E-state index in [0.717, 1.165) is 16.8 Å². The predicted molar refractivity (Wildman–Crippen MR) is 113 cm³/mol. The number of carbonyl (C=O) groups excluding carboxylic acids is 2. The highest BCUT2D eigenvalue weighted by Crippen LogP contribution is 2.32. The Bertz CT molecular complexity index is 875. The molecular formula is C19H19Br2N3O3. The summed E-state index contributed by atoms with van der Waals surface area (Å²) < 4.78 is 1.01. The molecule has 27 heavy (non-hydrogen) atoms. The molecule has 8 heteroatoms. The highest BCUT2D eigenvalue weighted by atomic mass is 79.9. The maximum absolute atomic E-state index is 12.0. The number of halogens is 2. The molecule has 0 heterocycles. The van der Waals surface area contributed by atoms with Crippen LogP contribution in [0.1, 0.15) is 29.5 Å². The van der Waals surface area contributed by atoms with Gasteiger partial charge in [0.25, 0.3) is 0 Å². The van der Waals surface area contributed by atoms with Gasteiger partial charge in [-0.2, -0.15) is 5.10 Å². The first-order chi connectivity index (χ1) is 12.8. The van der Waals surface area contributed by atoms with E-state index in [1.165, 1.54) is 6.21 Å². The minimum atomic E-state index is -0.362. The lowest BCUT2D eigenvalue weighted by molar-refractivity contribution is -0.124. The van der Waals surface area contributed by atoms with Crippen LogP contribution in [0.25, 0.3) is 0 Å². The molecule has 0 bridgehead atoms. The molecule has 6 nitrogen and oxygen atoms in total. The first kappa shape index (κ1) is 21.1. The molecule has 0 radical (unpaired) electrons. The van der Waals surface area contributed by atoms with Gasteiger partial charge in [-0.05, 0) is 80.6 Å². The number of hydrogen-bond donors (Lipinski definition) is 3. The number of aryl methyl sites for hydroxylation is 1. The fourth-order valence-corrected chi connectivity index (χ4v) is 3.44. The van der Waals surface area contributed by atoms with E-state index in [1.807, 2.05) is 32.0 Å². The van der Waals surface area contributed by atoms with Crippen LogP contribution in [-0.4, -0.2) is 23.1 Å². The third-order valence-corrected chi connectivity index (χ3v) is 5.11. The van der Waals surface area contributed by atoms with E-state index in [1.54, 1.807) is 12.1 Å². The van der Waals surface area contributed by atoms with Crippen molar-refractivity contribution in [3.05, 3.63) is 56.0 Å². The van der Waals surface area contributed by atoms with Crippen molar-refractivity contribution in [3.63, 3.8) is 0 Å². The number of phenolic OH excluding ortho intramolecular Hbond substituents is 1. The zero-order valence-corrected chi connectivity index (χ0v) is 18.0. The zero-order chi connectivity index (χ0) is 20.0. The molecule has 0 aliphatic carbocycles. The molecule has 2 aromatic rings. The molecule has 2 aromatic carbocycles. The van der Waals surface area contributed by atoms with E-state index in [-0.39, 0.29) is 30.4 Å². The molecule has 2 rings (SSSR count). The van der Waals surface area contributed by atoms with Gasteiger partial charge in [0, 0.05) is 18.5 Å². The van der Waals surface area contributed by atoms with Crippen LogP contribution in [0, 0.1) is 13.8 Å². The van der Waals surface area contributed by atoms with Crippen molar-refractivity contribution in [2.75, 3.05) is 5.32 Å². The van der Waals surface area contributed by atoms with E-state index in [4.69, 9.17) is 0 Å². The fraction of sp³-hybridized carbons (Fsp3) is 0.211. The first-order valence-corrected chi connectivity index (χ1v) is 9.72. The normalized spacial score (nSPS) is 10.8. The van der Waals surface area contributed by atoms with Crippen molar-refractivity contribution < 1.29 is 14.7 Å². The molecule has 0 aromatic heterocycles. The molecule has 3 N–H and O–H groups in total. The summed E-state index contributed by atoms with van der Waals surface area (Å²) in [6.07, 6.45) is 1.53. The Kier molecular flexibility index (Phi) is 7.55. The van der Waals surface area contributed by atoms with Crippen molar-refractivity contribution in [3.8, 4) is 5.75 Å². The number of hydrogen-bond acceptors (Lipinski definition) is 4. The van der Waals surface area contributed by atoms with Crippen LogP contribution in [0.5, 0.6) is 5.75 Å². The Labute approximate surface area is 174 Å². The molecule has 0 aliphatic rings. The smallest absolute Gasteiger partial charge is 0.240 e. The van der Waals surface area contributed by atoms with Crippen LogP contribution in [0.3, 0.4) is 0 Å². The minimum Gasteiger partial charge on any atom is -0.506 e. The SMILES string of the molecule is Cc1cccc(NC(=O)CCC(=O)NN=Cc2cc(Br)c(O)c(Br)c2)c1C. The number of amides is 2. The largest absolute Gasteiger partial charge is 0.506 e. The average molecular weight is 497 g/mol. The lowest BCUT2D eigenvalue weighted by Gasteiger charge is -2.10. The maximum atomic E-state index is 12.0. The average Bonchev–Trinajstić information content (AvgIpc) is 2.62. The Hall–Kier alpha value is -2.19. The second kappa shape index (κ2) is 9.66. The fourth-order valence-electron chi connectivity index (χ4n) is 2.22. The Morgan fingerprint density at radius 2 is 1.74 bits per heavy atom. The monoisotopic (exact) mass is 495 g/mol. The Morgan fingerprint density at radius 1 is 1.11 bits per heavy atom. The topological polar surface area (TPSA) is 90.8 Å². The van der Waals surface area contributed by atoms with Gasteiger partial charge in [0.1, 0.15) is 5.75 Å². The Balaban J connectivity index is 1.82. The lowest BCUT2D eigenvalue weighted by atomic mass is 10.1. The van der Waals surface area contributed by atoms with Crippen LogP contribution in [0.2, 0.25) is 0 Å². The second-order valence-corrected chi connectivity index (χ2v) is 7.63. The number of rotatable bonds is 6. The Morgan fingerprint density at radius 3 is 2.41 bits per heavy atom. The number of hydrazone groups is 1. The van der Waals surface area contributed by atoms with Gasteiger partial charge in [-0.25, -0.2) is 5.43 Å². The van der Waals surface area contributed by atoms with Crippen molar-refractivity contribution in [1.29, 1.82) is 0 Å². The quantitative estimate of drug-likeness (QED) is 0.408. The van der Waals surface area contributed by atoms with E-state index in [0.29, 0.717) is 14.5 Å². The number of carbonyl (C=O) groups is 2. The number of anilines is 1.